The van der Waals surface area contributed by atoms with Gasteiger partial charge in [-0.2, -0.15) is 0 Å². The Morgan fingerprint density at radius 1 is 1.16 bits per heavy atom. The van der Waals surface area contributed by atoms with Crippen molar-refractivity contribution in [3.05, 3.63) is 34.9 Å². The van der Waals surface area contributed by atoms with Crippen LogP contribution in [0.5, 0.6) is 0 Å². The predicted octanol–water partition coefficient (Wildman–Crippen LogP) is 3.39. The largest absolute Gasteiger partial charge is 0.357 e. The van der Waals surface area contributed by atoms with Gasteiger partial charge in [0.25, 0.3) is 0 Å². The smallest absolute Gasteiger partial charge is 0.191 e. The topological polar surface area (TPSA) is 36.4 Å². The molecule has 0 bridgehead atoms. The Morgan fingerprint density at radius 3 is 2.47 bits per heavy atom. The van der Waals surface area contributed by atoms with Crippen LogP contribution in [0.15, 0.2) is 23.2 Å². The van der Waals surface area contributed by atoms with Crippen LogP contribution in [0.4, 0.5) is 0 Å². The van der Waals surface area contributed by atoms with Crippen LogP contribution in [0.2, 0.25) is 0 Å². The first-order chi connectivity index (χ1) is 8.67. The monoisotopic (exact) mass is 375 g/mol. The highest BCUT2D eigenvalue weighted by atomic mass is 127. The van der Waals surface area contributed by atoms with Crippen molar-refractivity contribution in [2.75, 3.05) is 13.1 Å². The molecule has 19 heavy (non-hydrogen) atoms. The summed E-state index contributed by atoms with van der Waals surface area (Å²) in [4.78, 5) is 4.61. The first kappa shape index (κ1) is 18.2. The van der Waals surface area contributed by atoms with Crippen LogP contribution in [0, 0.1) is 13.8 Å². The van der Waals surface area contributed by atoms with E-state index in [-0.39, 0.29) is 24.0 Å². The van der Waals surface area contributed by atoms with Crippen LogP contribution in [0.1, 0.15) is 37.0 Å². The second-order valence-electron chi connectivity index (χ2n) is 4.55. The lowest BCUT2D eigenvalue weighted by Crippen LogP contribution is -2.37. The molecule has 0 unspecified atom stereocenters. The van der Waals surface area contributed by atoms with Crippen molar-refractivity contribution in [3.63, 3.8) is 0 Å². The fourth-order valence-corrected chi connectivity index (χ4v) is 1.77. The normalized spacial score (nSPS) is 10.8. The molecule has 0 saturated carbocycles. The summed E-state index contributed by atoms with van der Waals surface area (Å²) >= 11 is 0. The Morgan fingerprint density at radius 2 is 1.89 bits per heavy atom. The maximum atomic E-state index is 4.61. The molecule has 4 heteroatoms. The fourth-order valence-electron chi connectivity index (χ4n) is 1.77. The van der Waals surface area contributed by atoms with Crippen LogP contribution in [0.3, 0.4) is 0 Å². The van der Waals surface area contributed by atoms with Crippen molar-refractivity contribution < 1.29 is 0 Å². The minimum atomic E-state index is 0. The van der Waals surface area contributed by atoms with E-state index in [1.54, 1.807) is 0 Å². The molecule has 1 aromatic carbocycles. The van der Waals surface area contributed by atoms with E-state index in [4.69, 9.17) is 0 Å². The van der Waals surface area contributed by atoms with Gasteiger partial charge in [-0.3, -0.25) is 0 Å². The van der Waals surface area contributed by atoms with Gasteiger partial charge in [0.1, 0.15) is 0 Å². The lowest BCUT2D eigenvalue weighted by atomic mass is 10.1. The molecule has 108 valence electrons. The SMILES string of the molecule is CCCNC(=NCc1ccc(C)cc1C)NCC.I. The molecule has 1 rings (SSSR count). The third-order valence-electron chi connectivity index (χ3n) is 2.79. The molecule has 0 aromatic heterocycles. The molecule has 0 saturated heterocycles. The Labute approximate surface area is 134 Å². The highest BCUT2D eigenvalue weighted by molar-refractivity contribution is 14.0. The number of halogens is 1. The van der Waals surface area contributed by atoms with Gasteiger partial charge >= 0.3 is 0 Å². The maximum absolute atomic E-state index is 4.61. The minimum absolute atomic E-state index is 0. The van der Waals surface area contributed by atoms with Gasteiger partial charge < -0.3 is 10.6 Å². The van der Waals surface area contributed by atoms with Crippen molar-refractivity contribution in [1.29, 1.82) is 0 Å². The van der Waals surface area contributed by atoms with Crippen LogP contribution >= 0.6 is 24.0 Å². The number of hydrogen-bond acceptors (Lipinski definition) is 1. The summed E-state index contributed by atoms with van der Waals surface area (Å²) in [6.07, 6.45) is 1.11. The standard InChI is InChI=1S/C15H25N3.HI/c1-5-9-17-15(16-6-2)18-11-14-8-7-12(3)10-13(14)4;/h7-8,10H,5-6,9,11H2,1-4H3,(H2,16,17,18);1H. The molecular formula is C15H26IN3. The molecule has 0 aliphatic carbocycles. The summed E-state index contributed by atoms with van der Waals surface area (Å²) in [5.74, 6) is 0.902. The number of rotatable bonds is 5. The van der Waals surface area contributed by atoms with Crippen molar-refractivity contribution in [1.82, 2.24) is 10.6 Å². The van der Waals surface area contributed by atoms with Crippen LogP contribution < -0.4 is 10.6 Å². The average Bonchev–Trinajstić information content (AvgIpc) is 2.34. The van der Waals surface area contributed by atoms with Gasteiger partial charge in [-0.1, -0.05) is 30.7 Å². The third-order valence-corrected chi connectivity index (χ3v) is 2.79. The maximum Gasteiger partial charge on any atom is 0.191 e. The second kappa shape index (κ2) is 10.1. The zero-order chi connectivity index (χ0) is 13.4. The van der Waals surface area contributed by atoms with Gasteiger partial charge in [0.2, 0.25) is 0 Å². The van der Waals surface area contributed by atoms with E-state index in [0.717, 1.165) is 32.0 Å². The van der Waals surface area contributed by atoms with E-state index in [1.165, 1.54) is 16.7 Å². The van der Waals surface area contributed by atoms with Crippen molar-refractivity contribution in [2.24, 2.45) is 4.99 Å². The summed E-state index contributed by atoms with van der Waals surface area (Å²) in [7, 11) is 0. The lowest BCUT2D eigenvalue weighted by Gasteiger charge is -2.11. The Kier molecular flexibility index (Phi) is 9.65. The summed E-state index contributed by atoms with van der Waals surface area (Å²) < 4.78 is 0. The number of nitrogens with zero attached hydrogens (tertiary/aromatic N) is 1. The predicted molar refractivity (Wildman–Crippen MR) is 94.4 cm³/mol. The molecule has 0 fully saturated rings. The number of nitrogens with one attached hydrogen (secondary N) is 2. The third kappa shape index (κ3) is 6.80. The summed E-state index contributed by atoms with van der Waals surface area (Å²) in [5.41, 5.74) is 3.90. The van der Waals surface area contributed by atoms with E-state index in [2.05, 4.69) is 61.5 Å². The lowest BCUT2D eigenvalue weighted by molar-refractivity contribution is 0.785. The average molecular weight is 375 g/mol. The minimum Gasteiger partial charge on any atom is -0.357 e. The van der Waals surface area contributed by atoms with Gasteiger partial charge in [0.05, 0.1) is 6.54 Å². The van der Waals surface area contributed by atoms with Gasteiger partial charge in [0.15, 0.2) is 5.96 Å². The van der Waals surface area contributed by atoms with E-state index < -0.39 is 0 Å². The highest BCUT2D eigenvalue weighted by Gasteiger charge is 1.99. The molecular weight excluding hydrogens is 349 g/mol. The highest BCUT2D eigenvalue weighted by Crippen LogP contribution is 2.11. The quantitative estimate of drug-likeness (QED) is 0.470. The van der Waals surface area contributed by atoms with Crippen molar-refractivity contribution >= 4 is 29.9 Å². The second-order valence-corrected chi connectivity index (χ2v) is 4.55. The van der Waals surface area contributed by atoms with E-state index in [1.807, 2.05) is 0 Å². The Balaban J connectivity index is 0.00000324. The molecule has 1 aromatic rings. The summed E-state index contributed by atoms with van der Waals surface area (Å²) in [5, 5.41) is 6.57. The van der Waals surface area contributed by atoms with Gasteiger partial charge in [-0.05, 0) is 38.3 Å². The molecule has 3 nitrogen and oxygen atoms in total. The molecule has 2 N–H and O–H groups in total. The molecule has 0 amide bonds. The van der Waals surface area contributed by atoms with E-state index in [0.29, 0.717) is 0 Å². The van der Waals surface area contributed by atoms with Gasteiger partial charge in [-0.15, -0.1) is 24.0 Å². The summed E-state index contributed by atoms with van der Waals surface area (Å²) in [6.45, 7) is 11.1. The Hall–Kier alpha value is -0.780. The van der Waals surface area contributed by atoms with Crippen molar-refractivity contribution in [3.8, 4) is 0 Å². The molecule has 0 aliphatic rings. The molecule has 0 spiro atoms. The van der Waals surface area contributed by atoms with E-state index >= 15 is 0 Å². The molecule has 0 radical (unpaired) electrons. The number of guanidine groups is 1. The zero-order valence-corrected chi connectivity index (χ0v) is 14.7. The molecule has 0 heterocycles. The number of aryl methyl sites for hydroxylation is 2. The van der Waals surface area contributed by atoms with Crippen LogP contribution in [0.25, 0.3) is 0 Å². The zero-order valence-electron chi connectivity index (χ0n) is 12.4. The molecule has 0 atom stereocenters. The van der Waals surface area contributed by atoms with Gasteiger partial charge in [0, 0.05) is 13.1 Å². The fraction of sp³-hybridized carbons (Fsp3) is 0.533. The number of aliphatic imine (C=N–C) groups is 1. The Bertz CT molecular complexity index is 402. The first-order valence-electron chi connectivity index (χ1n) is 6.75. The van der Waals surface area contributed by atoms with Crippen LogP contribution in [-0.4, -0.2) is 19.0 Å². The van der Waals surface area contributed by atoms with Crippen molar-refractivity contribution in [2.45, 2.75) is 40.7 Å². The van der Waals surface area contributed by atoms with E-state index in [9.17, 15) is 0 Å². The first-order valence-corrected chi connectivity index (χ1v) is 6.75. The van der Waals surface area contributed by atoms with Crippen LogP contribution in [-0.2, 0) is 6.54 Å². The number of hydrogen-bond donors (Lipinski definition) is 2. The number of benzene rings is 1. The molecule has 0 aliphatic heterocycles. The summed E-state index contributed by atoms with van der Waals surface area (Å²) in [6, 6.07) is 6.51. The van der Waals surface area contributed by atoms with Gasteiger partial charge in [-0.25, -0.2) is 4.99 Å².